The Morgan fingerprint density at radius 2 is 1.55 bits per heavy atom. The first-order valence-electron chi connectivity index (χ1n) is 15.9. The van der Waals surface area contributed by atoms with E-state index in [2.05, 4.69) is 107 Å². The Bertz CT molecular complexity index is 1200. The van der Waals surface area contributed by atoms with Gasteiger partial charge in [-0.2, -0.15) is 0 Å². The van der Waals surface area contributed by atoms with Crippen molar-refractivity contribution >= 4 is 18.7 Å². The minimum Gasteiger partial charge on any atom is -0.540 e. The van der Waals surface area contributed by atoms with E-state index in [0.29, 0.717) is 5.41 Å². The molecule has 0 heterocycles. The second kappa shape index (κ2) is 10.3. The van der Waals surface area contributed by atoms with Gasteiger partial charge in [-0.3, -0.25) is 0 Å². The summed E-state index contributed by atoms with van der Waals surface area (Å²) < 4.78 is 7.05. The van der Waals surface area contributed by atoms with Gasteiger partial charge in [-0.15, -0.1) is 0 Å². The van der Waals surface area contributed by atoms with E-state index < -0.39 is 8.32 Å². The molecule has 0 radical (unpaired) electrons. The molecule has 0 amide bonds. The van der Waals surface area contributed by atoms with Crippen LogP contribution in [0.5, 0.6) is 0 Å². The van der Waals surface area contributed by atoms with Crippen molar-refractivity contribution in [3.05, 3.63) is 84.7 Å². The second-order valence-electron chi connectivity index (χ2n) is 15.1. The van der Waals surface area contributed by atoms with E-state index in [1.165, 1.54) is 48.9 Å². The quantitative estimate of drug-likeness (QED) is 0.230. The van der Waals surface area contributed by atoms with Gasteiger partial charge in [-0.25, -0.2) is 0 Å². The molecule has 3 heteroatoms. The van der Waals surface area contributed by atoms with Crippen LogP contribution in [0.4, 0.5) is 0 Å². The van der Waals surface area contributed by atoms with Gasteiger partial charge < -0.3 is 9.53 Å². The normalized spacial score (nSPS) is 36.0. The fraction of sp³-hybridized carbons (Fsp3) is 0.568. The molecule has 0 saturated heterocycles. The highest BCUT2D eigenvalue weighted by atomic mass is 28.4. The van der Waals surface area contributed by atoms with Gasteiger partial charge in [0, 0.05) is 5.92 Å². The van der Waals surface area contributed by atoms with Gasteiger partial charge in [-0.05, 0) is 95.0 Å². The Hall–Kier alpha value is -2.10. The van der Waals surface area contributed by atoms with Crippen LogP contribution in [-0.2, 0) is 4.43 Å². The van der Waals surface area contributed by atoms with Crippen molar-refractivity contribution in [1.82, 2.24) is 0 Å². The molecule has 2 aromatic carbocycles. The Kier molecular flexibility index (Phi) is 7.23. The predicted octanol–water partition coefficient (Wildman–Crippen LogP) is 8.02. The van der Waals surface area contributed by atoms with Crippen molar-refractivity contribution in [1.29, 1.82) is 0 Å². The van der Waals surface area contributed by atoms with Crippen molar-refractivity contribution in [3.8, 4) is 0 Å². The summed E-state index contributed by atoms with van der Waals surface area (Å²) in [6.45, 7) is 12.0. The summed E-state index contributed by atoms with van der Waals surface area (Å²) in [7, 11) is -2.63. The Balaban J connectivity index is 1.27. The summed E-state index contributed by atoms with van der Waals surface area (Å²) in [6.07, 6.45) is 16.6. The minimum absolute atomic E-state index is 0.0690. The highest BCUT2D eigenvalue weighted by molar-refractivity contribution is 6.99. The molecule has 3 fully saturated rings. The number of aliphatic hydroxyl groups is 1. The van der Waals surface area contributed by atoms with Crippen molar-refractivity contribution in [3.63, 3.8) is 0 Å². The number of rotatable bonds is 5. The molecule has 0 aromatic heterocycles. The zero-order chi connectivity index (χ0) is 28.2. The lowest BCUT2D eigenvalue weighted by Crippen LogP contribution is -2.65. The van der Waals surface area contributed by atoms with Gasteiger partial charge in [0.2, 0.25) is 0 Å². The number of hydrogen-bond acceptors (Lipinski definition) is 2. The van der Waals surface area contributed by atoms with Crippen LogP contribution in [0, 0.1) is 34.5 Å². The first-order chi connectivity index (χ1) is 19.1. The van der Waals surface area contributed by atoms with Crippen LogP contribution in [0.25, 0.3) is 0 Å². The van der Waals surface area contributed by atoms with Gasteiger partial charge in [0.15, 0.2) is 0 Å². The third-order valence-electron chi connectivity index (χ3n) is 12.0. The maximum Gasteiger partial charge on any atom is 0.319 e. The molecule has 3 saturated carbocycles. The molecule has 1 N–H and O–H groups in total. The average Bonchev–Trinajstić information content (AvgIpc) is 3.33. The molecular formula is C37H50O2Si. The molecule has 0 bridgehead atoms. The monoisotopic (exact) mass is 554 g/mol. The average molecular weight is 555 g/mol. The molecule has 2 nitrogen and oxygen atoms in total. The van der Waals surface area contributed by atoms with Crippen LogP contribution in [0.1, 0.15) is 86.0 Å². The lowest BCUT2D eigenvalue weighted by Gasteiger charge is -2.58. The zero-order valence-electron chi connectivity index (χ0n) is 25.4. The summed E-state index contributed by atoms with van der Waals surface area (Å²) >= 11 is 0. The highest BCUT2D eigenvalue weighted by Crippen LogP contribution is 2.65. The fourth-order valence-corrected chi connectivity index (χ4v) is 14.2. The summed E-state index contributed by atoms with van der Waals surface area (Å²) in [5.41, 5.74) is 2.33. The van der Waals surface area contributed by atoms with Gasteiger partial charge in [0.25, 0.3) is 0 Å². The van der Waals surface area contributed by atoms with Crippen molar-refractivity contribution < 1.29 is 9.53 Å². The van der Waals surface area contributed by atoms with E-state index in [-0.39, 0.29) is 22.5 Å². The van der Waals surface area contributed by atoms with Crippen LogP contribution in [0.2, 0.25) is 5.04 Å². The SMILES string of the molecule is CC(C)(C)[Si](OC=CC1CC2=CC[C@@H]3[C@@H](CC[C@]4(C)CCC[C@@H]34)[C@@]2(C)CC1O)(c1ccccc1)c1ccccc1. The summed E-state index contributed by atoms with van der Waals surface area (Å²) in [4.78, 5) is 0. The Morgan fingerprint density at radius 3 is 2.17 bits per heavy atom. The van der Waals surface area contributed by atoms with Crippen LogP contribution in [0.15, 0.2) is 84.7 Å². The molecule has 0 aliphatic heterocycles. The second-order valence-corrected chi connectivity index (χ2v) is 19.3. The Labute approximate surface area is 244 Å². The minimum atomic E-state index is -2.63. The number of benzene rings is 2. The number of allylic oxidation sites excluding steroid dienone is 2. The molecule has 0 spiro atoms. The maximum absolute atomic E-state index is 11.6. The maximum atomic E-state index is 11.6. The lowest BCUT2D eigenvalue weighted by molar-refractivity contribution is -0.0531. The van der Waals surface area contributed by atoms with Crippen molar-refractivity contribution in [2.24, 2.45) is 34.5 Å². The molecule has 2 aromatic rings. The summed E-state index contributed by atoms with van der Waals surface area (Å²) in [6, 6.07) is 21.7. The number of aliphatic hydroxyl groups excluding tert-OH is 1. The Morgan fingerprint density at radius 1 is 0.900 bits per heavy atom. The van der Waals surface area contributed by atoms with Crippen molar-refractivity contribution in [2.75, 3.05) is 0 Å². The molecule has 6 rings (SSSR count). The number of fused-ring (bicyclic) bond motifs is 5. The van der Waals surface area contributed by atoms with E-state index in [1.807, 2.05) is 6.26 Å². The first kappa shape index (κ1) is 28.0. The third kappa shape index (κ3) is 4.47. The molecule has 40 heavy (non-hydrogen) atoms. The van der Waals surface area contributed by atoms with Crippen LogP contribution in [-0.4, -0.2) is 19.5 Å². The summed E-state index contributed by atoms with van der Waals surface area (Å²) in [5.74, 6) is 2.54. The molecule has 7 atom stereocenters. The van der Waals surface area contributed by atoms with Gasteiger partial charge >= 0.3 is 8.32 Å². The number of hydrogen-bond donors (Lipinski definition) is 1. The molecule has 4 aliphatic rings. The van der Waals surface area contributed by atoms with E-state index in [0.717, 1.165) is 30.6 Å². The lowest BCUT2D eigenvalue weighted by atomic mass is 9.47. The van der Waals surface area contributed by atoms with E-state index >= 15 is 0 Å². The van der Waals surface area contributed by atoms with Crippen molar-refractivity contribution in [2.45, 2.75) is 97.1 Å². The standard InChI is InChI=1S/C37H50O2Si/c1-35(2,3)40(29-13-8-6-9-14-29,30-15-10-7-11-16-30)39-24-21-27-25-28-18-19-31-32-17-12-22-36(32,4)23-20-33(31)37(28,5)26-34(27)38/h6-11,13-16,18,21,24,27,31-34,38H,12,17,19-20,22-23,25-26H2,1-5H3/t27?,31-,32-,33+,34?,36-,37-/m0/s1. The van der Waals surface area contributed by atoms with Gasteiger partial charge in [-0.1, -0.05) is 113 Å². The van der Waals surface area contributed by atoms with Gasteiger partial charge in [0.05, 0.1) is 12.4 Å². The van der Waals surface area contributed by atoms with E-state index in [1.54, 1.807) is 5.57 Å². The molecule has 2 unspecified atom stereocenters. The first-order valence-corrected chi connectivity index (χ1v) is 17.8. The largest absolute Gasteiger partial charge is 0.540 e. The smallest absolute Gasteiger partial charge is 0.319 e. The molecule has 4 aliphatic carbocycles. The third-order valence-corrected chi connectivity index (χ3v) is 16.9. The molecular weight excluding hydrogens is 504 g/mol. The van der Waals surface area contributed by atoms with Gasteiger partial charge in [0.1, 0.15) is 0 Å². The highest BCUT2D eigenvalue weighted by Gasteiger charge is 2.57. The zero-order valence-corrected chi connectivity index (χ0v) is 26.4. The van der Waals surface area contributed by atoms with E-state index in [4.69, 9.17) is 4.43 Å². The summed E-state index contributed by atoms with van der Waals surface area (Å²) in [5, 5.41) is 14.1. The predicted molar refractivity (Wildman–Crippen MR) is 169 cm³/mol. The van der Waals surface area contributed by atoms with Crippen LogP contribution in [0.3, 0.4) is 0 Å². The fourth-order valence-electron chi connectivity index (χ4n) is 9.85. The van der Waals surface area contributed by atoms with Crippen LogP contribution < -0.4 is 10.4 Å². The van der Waals surface area contributed by atoms with E-state index in [9.17, 15) is 5.11 Å². The topological polar surface area (TPSA) is 29.5 Å². The molecule has 214 valence electrons. The van der Waals surface area contributed by atoms with Crippen LogP contribution >= 0.6 is 0 Å².